The van der Waals surface area contributed by atoms with Crippen LogP contribution in [0.1, 0.15) is 54.1 Å². The van der Waals surface area contributed by atoms with E-state index in [4.69, 9.17) is 0 Å². The van der Waals surface area contributed by atoms with E-state index in [9.17, 15) is 4.79 Å². The van der Waals surface area contributed by atoms with Gasteiger partial charge in [-0.15, -0.1) is 0 Å². The van der Waals surface area contributed by atoms with Gasteiger partial charge in [-0.3, -0.25) is 4.79 Å². The monoisotopic (exact) mass is 178 g/mol. The molecule has 0 aliphatic heterocycles. The highest BCUT2D eigenvalue weighted by Gasteiger charge is 2.24. The molecule has 70 valence electrons. The van der Waals surface area contributed by atoms with Crippen molar-refractivity contribution in [3.8, 4) is 0 Å². The van der Waals surface area contributed by atoms with Crippen LogP contribution in [0, 0.1) is 0 Å². The van der Waals surface area contributed by atoms with Gasteiger partial charge in [0.05, 0.1) is 5.69 Å². The highest BCUT2D eigenvalue weighted by Crippen LogP contribution is 2.36. The number of aryl methyl sites for hydroxylation is 1. The lowest BCUT2D eigenvalue weighted by Crippen LogP contribution is -2.11. The molecule has 0 atom stereocenters. The molecule has 1 heterocycles. The Kier molecular flexibility index (Phi) is 2.17. The molecular weight excluding hydrogens is 164 g/mol. The normalized spacial score (nSPS) is 17.0. The molecule has 0 unspecified atom stereocenters. The Morgan fingerprint density at radius 2 is 2.38 bits per heavy atom. The van der Waals surface area contributed by atoms with Crippen LogP contribution in [-0.4, -0.2) is 16.3 Å². The van der Waals surface area contributed by atoms with Crippen molar-refractivity contribution in [3.63, 3.8) is 0 Å². The second-order valence-corrected chi connectivity index (χ2v) is 3.59. The van der Waals surface area contributed by atoms with Crippen LogP contribution in [0.25, 0.3) is 0 Å². The van der Waals surface area contributed by atoms with Crippen LogP contribution in [-0.2, 0) is 6.42 Å². The summed E-state index contributed by atoms with van der Waals surface area (Å²) < 4.78 is 0. The number of carbonyl (C=O) groups excluding carboxylic acids is 1. The molecule has 0 saturated heterocycles. The lowest BCUT2D eigenvalue weighted by Gasteiger charge is -2.24. The van der Waals surface area contributed by atoms with Gasteiger partial charge in [0.15, 0.2) is 12.1 Å². The van der Waals surface area contributed by atoms with Crippen molar-refractivity contribution in [2.24, 2.45) is 0 Å². The van der Waals surface area contributed by atoms with Gasteiger partial charge in [0.25, 0.3) is 0 Å². The first kappa shape index (κ1) is 8.48. The van der Waals surface area contributed by atoms with Crippen LogP contribution in [0.5, 0.6) is 0 Å². The second kappa shape index (κ2) is 3.32. The zero-order valence-corrected chi connectivity index (χ0v) is 7.84. The smallest absolute Gasteiger partial charge is 0.185 e. The predicted molar refractivity (Wildman–Crippen MR) is 49.9 cm³/mol. The number of aldehydes is 1. The van der Waals surface area contributed by atoms with Crippen LogP contribution in [0.3, 0.4) is 0 Å². The fourth-order valence-electron chi connectivity index (χ4n) is 1.79. The molecule has 0 bridgehead atoms. The Bertz CT molecular complexity index is 313. The SMILES string of the molecule is CCc1[nH]c(C=O)nc1C1CCC1. The molecular formula is C10H14N2O. The lowest BCUT2D eigenvalue weighted by molar-refractivity contribution is 0.111. The third-order valence-electron chi connectivity index (χ3n) is 2.79. The Morgan fingerprint density at radius 1 is 1.62 bits per heavy atom. The van der Waals surface area contributed by atoms with Crippen molar-refractivity contribution in [2.45, 2.75) is 38.5 Å². The van der Waals surface area contributed by atoms with E-state index in [0.717, 1.165) is 24.1 Å². The van der Waals surface area contributed by atoms with Crippen molar-refractivity contribution in [1.29, 1.82) is 0 Å². The topological polar surface area (TPSA) is 45.8 Å². The van der Waals surface area contributed by atoms with Gasteiger partial charge >= 0.3 is 0 Å². The minimum atomic E-state index is 0.485. The number of hydrogen-bond acceptors (Lipinski definition) is 2. The van der Waals surface area contributed by atoms with Gasteiger partial charge in [-0.25, -0.2) is 4.98 Å². The summed E-state index contributed by atoms with van der Waals surface area (Å²) in [5, 5.41) is 0. The Balaban J connectivity index is 2.30. The highest BCUT2D eigenvalue weighted by atomic mass is 16.1. The van der Waals surface area contributed by atoms with Crippen molar-refractivity contribution in [2.75, 3.05) is 0 Å². The van der Waals surface area contributed by atoms with Gasteiger partial charge < -0.3 is 4.98 Å². The molecule has 0 spiro atoms. The lowest BCUT2D eigenvalue weighted by atomic mass is 9.82. The van der Waals surface area contributed by atoms with E-state index in [1.54, 1.807) is 0 Å². The third-order valence-corrected chi connectivity index (χ3v) is 2.79. The van der Waals surface area contributed by atoms with Gasteiger partial charge in [-0.1, -0.05) is 13.3 Å². The van der Waals surface area contributed by atoms with Gasteiger partial charge in [0, 0.05) is 11.6 Å². The first-order chi connectivity index (χ1) is 6.35. The van der Waals surface area contributed by atoms with Crippen LogP contribution < -0.4 is 0 Å². The maximum absolute atomic E-state index is 10.5. The molecule has 3 heteroatoms. The summed E-state index contributed by atoms with van der Waals surface area (Å²) >= 11 is 0. The molecule has 1 saturated carbocycles. The average Bonchev–Trinajstić information content (AvgIpc) is 2.45. The summed E-state index contributed by atoms with van der Waals surface area (Å²) in [6.45, 7) is 2.09. The molecule has 0 amide bonds. The fourth-order valence-corrected chi connectivity index (χ4v) is 1.79. The Labute approximate surface area is 77.6 Å². The van der Waals surface area contributed by atoms with E-state index in [-0.39, 0.29) is 0 Å². The molecule has 0 radical (unpaired) electrons. The van der Waals surface area contributed by atoms with Gasteiger partial charge in [-0.2, -0.15) is 0 Å². The van der Waals surface area contributed by atoms with Crippen molar-refractivity contribution in [3.05, 3.63) is 17.2 Å². The van der Waals surface area contributed by atoms with Gasteiger partial charge in [-0.05, 0) is 19.3 Å². The standard InChI is InChI=1S/C10H14N2O/c1-2-8-10(7-4-3-5-7)12-9(6-13)11-8/h6-7H,2-5H2,1H3,(H,11,12). The zero-order chi connectivity index (χ0) is 9.26. The molecule has 1 aromatic heterocycles. The molecule has 0 aromatic carbocycles. The van der Waals surface area contributed by atoms with E-state index in [1.807, 2.05) is 0 Å². The first-order valence-electron chi connectivity index (χ1n) is 4.89. The number of aromatic nitrogens is 2. The number of H-pyrrole nitrogens is 1. The summed E-state index contributed by atoms with van der Waals surface area (Å²) in [7, 11) is 0. The quantitative estimate of drug-likeness (QED) is 0.720. The van der Waals surface area contributed by atoms with Crippen molar-refractivity contribution < 1.29 is 4.79 Å². The van der Waals surface area contributed by atoms with E-state index in [2.05, 4.69) is 16.9 Å². The third kappa shape index (κ3) is 1.39. The molecule has 1 aliphatic carbocycles. The number of rotatable bonds is 3. The Morgan fingerprint density at radius 3 is 2.85 bits per heavy atom. The predicted octanol–water partition coefficient (Wildman–Crippen LogP) is 2.05. The average molecular weight is 178 g/mol. The molecule has 13 heavy (non-hydrogen) atoms. The number of nitrogens with one attached hydrogen (secondary N) is 1. The maximum Gasteiger partial charge on any atom is 0.185 e. The van der Waals surface area contributed by atoms with Gasteiger partial charge in [0.2, 0.25) is 0 Å². The minimum Gasteiger partial charge on any atom is -0.339 e. The second-order valence-electron chi connectivity index (χ2n) is 3.59. The first-order valence-corrected chi connectivity index (χ1v) is 4.89. The highest BCUT2D eigenvalue weighted by molar-refractivity contribution is 5.69. The molecule has 1 fully saturated rings. The van der Waals surface area contributed by atoms with E-state index in [1.165, 1.54) is 19.3 Å². The van der Waals surface area contributed by atoms with Crippen LogP contribution in [0.15, 0.2) is 0 Å². The van der Waals surface area contributed by atoms with Crippen molar-refractivity contribution >= 4 is 6.29 Å². The summed E-state index contributed by atoms with van der Waals surface area (Å²) in [4.78, 5) is 17.9. The number of imidazole rings is 1. The summed E-state index contributed by atoms with van der Waals surface area (Å²) in [5.74, 6) is 1.10. The largest absolute Gasteiger partial charge is 0.339 e. The number of nitrogens with zero attached hydrogens (tertiary/aromatic N) is 1. The number of aromatic amines is 1. The molecule has 1 aromatic rings. The fraction of sp³-hybridized carbons (Fsp3) is 0.600. The van der Waals surface area contributed by atoms with E-state index < -0.39 is 0 Å². The van der Waals surface area contributed by atoms with Gasteiger partial charge in [0.1, 0.15) is 0 Å². The zero-order valence-electron chi connectivity index (χ0n) is 7.84. The Hall–Kier alpha value is -1.12. The van der Waals surface area contributed by atoms with E-state index in [0.29, 0.717) is 11.7 Å². The van der Waals surface area contributed by atoms with Crippen molar-refractivity contribution in [1.82, 2.24) is 9.97 Å². The number of hydrogen-bond donors (Lipinski definition) is 1. The molecule has 1 aliphatic rings. The van der Waals surface area contributed by atoms with Crippen LogP contribution in [0.2, 0.25) is 0 Å². The number of carbonyl (C=O) groups is 1. The summed E-state index contributed by atoms with van der Waals surface area (Å²) in [6.07, 6.45) is 5.50. The van der Waals surface area contributed by atoms with Crippen LogP contribution >= 0.6 is 0 Å². The molecule has 2 rings (SSSR count). The summed E-state index contributed by atoms with van der Waals surface area (Å²) in [5.41, 5.74) is 2.28. The molecule has 3 nitrogen and oxygen atoms in total. The maximum atomic E-state index is 10.5. The molecule has 1 N–H and O–H groups in total. The summed E-state index contributed by atoms with van der Waals surface area (Å²) in [6, 6.07) is 0. The van der Waals surface area contributed by atoms with Crippen LogP contribution in [0.4, 0.5) is 0 Å². The van der Waals surface area contributed by atoms with E-state index >= 15 is 0 Å². The minimum absolute atomic E-state index is 0.485.